The molecule has 1 amide bonds. The van der Waals surface area contributed by atoms with E-state index in [1.807, 2.05) is 12.1 Å². The molecule has 11 atom stereocenters. The van der Waals surface area contributed by atoms with Gasteiger partial charge in [0.1, 0.15) is 36.6 Å². The molecule has 3 aliphatic heterocycles. The summed E-state index contributed by atoms with van der Waals surface area (Å²) in [6, 6.07) is 17.4. The Morgan fingerprint density at radius 2 is 1.22 bits per heavy atom. The highest BCUT2D eigenvalue weighted by Gasteiger charge is 2.43. The number of aliphatic hydroxyl groups excluding tert-OH is 6. The van der Waals surface area contributed by atoms with Crippen LogP contribution in [0.25, 0.3) is 0 Å². The van der Waals surface area contributed by atoms with E-state index < -0.39 is 73.5 Å². The molecule has 3 heterocycles. The van der Waals surface area contributed by atoms with Gasteiger partial charge in [0.25, 0.3) is 0 Å². The van der Waals surface area contributed by atoms with Crippen LogP contribution in [0, 0.1) is 0 Å². The normalized spacial score (nSPS) is 31.8. The van der Waals surface area contributed by atoms with Gasteiger partial charge < -0.3 is 59.6 Å². The molecule has 0 radical (unpaired) electrons. The maximum absolute atomic E-state index is 11.6. The van der Waals surface area contributed by atoms with E-state index in [0.717, 1.165) is 0 Å². The number of carbonyl (C=O) groups is 1. The van der Waals surface area contributed by atoms with Crippen molar-refractivity contribution in [3.05, 3.63) is 71.8 Å². The first-order valence-corrected chi connectivity index (χ1v) is 15.1. The third-order valence-electron chi connectivity index (χ3n) is 8.56. The van der Waals surface area contributed by atoms with Crippen LogP contribution in [0.1, 0.15) is 30.1 Å². The first kappa shape index (κ1) is 33.6. The van der Waals surface area contributed by atoms with Gasteiger partial charge in [0.2, 0.25) is 0 Å². The fourth-order valence-electron chi connectivity index (χ4n) is 6.01. The lowest BCUT2D eigenvalue weighted by atomic mass is 9.98. The van der Waals surface area contributed by atoms with Crippen molar-refractivity contribution in [2.75, 3.05) is 39.4 Å². The third kappa shape index (κ3) is 8.17. The molecule has 6 unspecified atom stereocenters. The maximum atomic E-state index is 11.6. The number of carboxylic acid groups (broad SMARTS) is 1. The molecule has 0 saturated carbocycles. The van der Waals surface area contributed by atoms with Gasteiger partial charge in [0.05, 0.1) is 25.4 Å². The molecule has 248 valence electrons. The average molecular weight is 635 g/mol. The molecule has 3 aliphatic rings. The molecule has 3 saturated heterocycles. The van der Waals surface area contributed by atoms with E-state index in [1.54, 1.807) is 53.4 Å². The van der Waals surface area contributed by atoms with Crippen molar-refractivity contribution in [2.24, 2.45) is 0 Å². The quantitative estimate of drug-likeness (QED) is 0.166. The molecule has 0 aromatic heterocycles. The monoisotopic (exact) mass is 634 g/mol. The van der Waals surface area contributed by atoms with Gasteiger partial charge in [-0.15, -0.1) is 0 Å². The van der Waals surface area contributed by atoms with Crippen LogP contribution >= 0.6 is 0 Å². The first-order valence-electron chi connectivity index (χ1n) is 15.1. The Hall–Kier alpha value is -2.73. The summed E-state index contributed by atoms with van der Waals surface area (Å²) in [4.78, 5) is 14.4. The van der Waals surface area contributed by atoms with Crippen LogP contribution in [0.4, 0.5) is 4.79 Å². The second-order valence-corrected chi connectivity index (χ2v) is 11.7. The molecule has 14 heteroatoms. The number of aliphatic hydroxyl groups is 6. The predicted octanol–water partition coefficient (Wildman–Crippen LogP) is -0.565. The van der Waals surface area contributed by atoms with Crippen LogP contribution in [-0.2, 0) is 18.9 Å². The zero-order chi connectivity index (χ0) is 32.1. The van der Waals surface area contributed by atoms with E-state index in [-0.39, 0.29) is 39.4 Å². The number of benzene rings is 2. The molecule has 2 aromatic carbocycles. The van der Waals surface area contributed by atoms with Crippen molar-refractivity contribution in [1.82, 2.24) is 9.80 Å². The first-order chi connectivity index (χ1) is 21.6. The second kappa shape index (κ2) is 15.2. The Balaban J connectivity index is 1.27. The van der Waals surface area contributed by atoms with Crippen molar-refractivity contribution in [2.45, 2.75) is 73.9 Å². The SMILES string of the molecule is O=C(O)N1CC[C@@H](N(CC(O)C(O)[C@@H]2OC(c3ccccc3)OC[C@H]2O)CC(O)C(O)[C@@H]2OC(c3ccccc3)OC[C@H]2O)C1. The van der Waals surface area contributed by atoms with Crippen LogP contribution in [0.3, 0.4) is 0 Å². The summed E-state index contributed by atoms with van der Waals surface area (Å²) >= 11 is 0. The maximum Gasteiger partial charge on any atom is 0.407 e. The van der Waals surface area contributed by atoms with Crippen LogP contribution < -0.4 is 0 Å². The number of amides is 1. The highest BCUT2D eigenvalue weighted by Crippen LogP contribution is 2.31. The minimum atomic E-state index is -1.58. The summed E-state index contributed by atoms with van der Waals surface area (Å²) < 4.78 is 22.8. The number of rotatable bonds is 11. The molecule has 7 N–H and O–H groups in total. The van der Waals surface area contributed by atoms with Crippen molar-refractivity contribution < 1.29 is 59.5 Å². The number of hydrogen-bond acceptors (Lipinski definition) is 12. The summed E-state index contributed by atoms with van der Waals surface area (Å²) in [6.07, 6.45) is -13.6. The van der Waals surface area contributed by atoms with Gasteiger partial charge in [-0.05, 0) is 6.42 Å². The summed E-state index contributed by atoms with van der Waals surface area (Å²) in [7, 11) is 0. The Labute approximate surface area is 260 Å². The number of likely N-dealkylation sites (tertiary alicyclic amines) is 1. The lowest BCUT2D eigenvalue weighted by Crippen LogP contribution is -2.57. The molecule has 2 aromatic rings. The average Bonchev–Trinajstić information content (AvgIpc) is 3.56. The van der Waals surface area contributed by atoms with Crippen LogP contribution in [0.5, 0.6) is 0 Å². The molecule has 0 spiro atoms. The fraction of sp³-hybridized carbons (Fsp3) is 0.581. The van der Waals surface area contributed by atoms with Gasteiger partial charge in [-0.25, -0.2) is 4.79 Å². The molecule has 45 heavy (non-hydrogen) atoms. The van der Waals surface area contributed by atoms with E-state index in [2.05, 4.69) is 0 Å². The van der Waals surface area contributed by atoms with Gasteiger partial charge in [-0.3, -0.25) is 4.90 Å². The van der Waals surface area contributed by atoms with E-state index in [0.29, 0.717) is 17.5 Å². The Kier molecular flexibility index (Phi) is 11.4. The number of hydrogen-bond donors (Lipinski definition) is 7. The van der Waals surface area contributed by atoms with Crippen LogP contribution in [0.15, 0.2) is 60.7 Å². The van der Waals surface area contributed by atoms with Crippen molar-refractivity contribution >= 4 is 6.09 Å². The minimum absolute atomic E-state index is 0.0694. The Morgan fingerprint density at radius 1 is 0.778 bits per heavy atom. The van der Waals surface area contributed by atoms with Crippen molar-refractivity contribution in [3.63, 3.8) is 0 Å². The molecule has 5 rings (SSSR count). The number of nitrogens with zero attached hydrogens (tertiary/aromatic N) is 2. The van der Waals surface area contributed by atoms with E-state index >= 15 is 0 Å². The predicted molar refractivity (Wildman–Crippen MR) is 156 cm³/mol. The van der Waals surface area contributed by atoms with Gasteiger partial charge in [0, 0.05) is 43.3 Å². The molecule has 0 aliphatic carbocycles. The number of ether oxygens (including phenoxy) is 4. The van der Waals surface area contributed by atoms with Crippen LogP contribution in [-0.4, -0.2) is 146 Å². The zero-order valence-corrected chi connectivity index (χ0v) is 24.6. The Bertz CT molecular complexity index is 1130. The molecular formula is C31H42N2O12. The van der Waals surface area contributed by atoms with Gasteiger partial charge in [-0.2, -0.15) is 0 Å². The molecular weight excluding hydrogens is 592 g/mol. The topological polar surface area (TPSA) is 202 Å². The fourth-order valence-corrected chi connectivity index (χ4v) is 6.01. The largest absolute Gasteiger partial charge is 0.465 e. The van der Waals surface area contributed by atoms with Gasteiger partial charge in [-0.1, -0.05) is 60.7 Å². The van der Waals surface area contributed by atoms with E-state index in [1.165, 1.54) is 4.90 Å². The molecule has 0 bridgehead atoms. The minimum Gasteiger partial charge on any atom is -0.465 e. The lowest BCUT2D eigenvalue weighted by Gasteiger charge is -2.41. The highest BCUT2D eigenvalue weighted by molar-refractivity contribution is 5.65. The molecule has 14 nitrogen and oxygen atoms in total. The summed E-state index contributed by atoms with van der Waals surface area (Å²) in [5.41, 5.74) is 1.34. The standard InChI is InChI=1S/C31H42N2O12/c34-21(25(38)27-23(36)16-42-29(44-27)18-7-3-1-4-8-18)14-33(20-11-12-32(13-20)31(40)41)15-22(35)26(39)28-24(37)17-43-30(45-28)19-9-5-2-6-10-19/h1-10,20-30,34-39H,11-17H2,(H,40,41)/t20-,21?,22?,23-,24-,25?,26?,27-,28-,29?,30?/m1/s1. The van der Waals surface area contributed by atoms with Crippen molar-refractivity contribution in [1.29, 1.82) is 0 Å². The second-order valence-electron chi connectivity index (χ2n) is 11.7. The molecule has 3 fully saturated rings. The van der Waals surface area contributed by atoms with Gasteiger partial charge >= 0.3 is 6.09 Å². The highest BCUT2D eigenvalue weighted by atomic mass is 16.7. The Morgan fingerprint density at radius 3 is 1.62 bits per heavy atom. The summed E-state index contributed by atoms with van der Waals surface area (Å²) in [5, 5.41) is 75.2. The summed E-state index contributed by atoms with van der Waals surface area (Å²) in [5.74, 6) is 0. The van der Waals surface area contributed by atoms with E-state index in [4.69, 9.17) is 18.9 Å². The van der Waals surface area contributed by atoms with Crippen LogP contribution in [0.2, 0.25) is 0 Å². The van der Waals surface area contributed by atoms with E-state index in [9.17, 15) is 40.5 Å². The summed E-state index contributed by atoms with van der Waals surface area (Å²) in [6.45, 7) is -0.506. The lowest BCUT2D eigenvalue weighted by molar-refractivity contribution is -0.285. The van der Waals surface area contributed by atoms with Gasteiger partial charge in [0.15, 0.2) is 12.6 Å². The smallest absolute Gasteiger partial charge is 0.407 e. The third-order valence-corrected chi connectivity index (χ3v) is 8.56. The zero-order valence-electron chi connectivity index (χ0n) is 24.6. The van der Waals surface area contributed by atoms with Crippen molar-refractivity contribution in [3.8, 4) is 0 Å².